The van der Waals surface area contributed by atoms with Gasteiger partial charge in [0.25, 0.3) is 11.5 Å². The average Bonchev–Trinajstić information content (AvgIpc) is 3.44. The second-order valence-electron chi connectivity index (χ2n) is 8.68. The van der Waals surface area contributed by atoms with Crippen LogP contribution in [-0.4, -0.2) is 32.5 Å². The number of hydrogen-bond donors (Lipinski definition) is 1. The minimum absolute atomic E-state index is 0.0168. The van der Waals surface area contributed by atoms with Crippen molar-refractivity contribution in [2.45, 2.75) is 59.7 Å². The Morgan fingerprint density at radius 1 is 1.28 bits per heavy atom. The smallest absolute Gasteiger partial charge is 0.270 e. The van der Waals surface area contributed by atoms with Gasteiger partial charge < -0.3 is 14.8 Å². The maximum absolute atomic E-state index is 13.2. The van der Waals surface area contributed by atoms with Crippen LogP contribution >= 0.6 is 24.0 Å². The summed E-state index contributed by atoms with van der Waals surface area (Å²) in [4.78, 5) is 28.6. The van der Waals surface area contributed by atoms with Crippen LogP contribution in [0.4, 0.5) is 5.82 Å². The molecular weight excluding hydrogens is 496 g/mol. The lowest BCUT2D eigenvalue weighted by atomic mass is 10.0. The van der Waals surface area contributed by atoms with Gasteiger partial charge in [0.2, 0.25) is 6.79 Å². The molecule has 10 heteroatoms. The molecule has 2 aliphatic heterocycles. The van der Waals surface area contributed by atoms with E-state index in [2.05, 4.69) is 11.4 Å². The van der Waals surface area contributed by atoms with Crippen molar-refractivity contribution in [3.8, 4) is 17.6 Å². The number of carbonyl (C=O) groups excluding carboxylic acids is 1. The predicted octanol–water partition coefficient (Wildman–Crippen LogP) is 4.78. The number of thiocarbonyl (C=S) groups is 1. The highest BCUT2D eigenvalue weighted by Gasteiger charge is 2.35. The molecule has 0 radical (unpaired) electrons. The molecule has 3 heterocycles. The molecule has 1 fully saturated rings. The Bertz CT molecular complexity index is 1360. The number of nitrogens with one attached hydrogen (secondary N) is 1. The van der Waals surface area contributed by atoms with Crippen LogP contribution < -0.4 is 20.3 Å². The van der Waals surface area contributed by atoms with E-state index >= 15 is 0 Å². The van der Waals surface area contributed by atoms with Gasteiger partial charge in [0.05, 0.1) is 4.91 Å². The number of hydrogen-bond acceptors (Lipinski definition) is 8. The molecule has 1 amide bonds. The van der Waals surface area contributed by atoms with Crippen molar-refractivity contribution < 1.29 is 14.3 Å². The van der Waals surface area contributed by atoms with Crippen molar-refractivity contribution in [2.75, 3.05) is 12.1 Å². The van der Waals surface area contributed by atoms with Crippen LogP contribution in [-0.2, 0) is 17.9 Å². The summed E-state index contributed by atoms with van der Waals surface area (Å²) in [5.74, 6) is 1.77. The number of benzene rings is 1. The summed E-state index contributed by atoms with van der Waals surface area (Å²) in [6.07, 6.45) is 3.23. The zero-order valence-corrected chi connectivity index (χ0v) is 22.3. The van der Waals surface area contributed by atoms with Crippen molar-refractivity contribution in [3.63, 3.8) is 0 Å². The van der Waals surface area contributed by atoms with Gasteiger partial charge in [-0.3, -0.25) is 19.1 Å². The van der Waals surface area contributed by atoms with Crippen LogP contribution in [0, 0.1) is 18.3 Å². The summed E-state index contributed by atoms with van der Waals surface area (Å²) in [5.41, 5.74) is 1.81. The molecule has 36 heavy (non-hydrogen) atoms. The van der Waals surface area contributed by atoms with Gasteiger partial charge >= 0.3 is 0 Å². The Balaban J connectivity index is 1.80. The third-order valence-corrected chi connectivity index (χ3v) is 7.68. The monoisotopic (exact) mass is 524 g/mol. The quantitative estimate of drug-likeness (QED) is 0.389. The first-order chi connectivity index (χ1) is 17.3. The molecule has 1 aromatic carbocycles. The molecule has 0 aliphatic carbocycles. The van der Waals surface area contributed by atoms with Crippen molar-refractivity contribution in [1.29, 1.82) is 5.26 Å². The summed E-state index contributed by atoms with van der Waals surface area (Å²) in [6.45, 7) is 8.70. The number of thioether (sulfide) groups is 1. The van der Waals surface area contributed by atoms with Gasteiger partial charge in [-0.2, -0.15) is 5.26 Å². The molecule has 2 aromatic rings. The van der Waals surface area contributed by atoms with Gasteiger partial charge in [0, 0.05) is 24.7 Å². The first kappa shape index (κ1) is 25.8. The number of aromatic nitrogens is 1. The molecule has 0 spiro atoms. The third kappa shape index (κ3) is 4.73. The Morgan fingerprint density at radius 3 is 2.72 bits per heavy atom. The fraction of sp³-hybridized carbons (Fsp3) is 0.385. The van der Waals surface area contributed by atoms with Gasteiger partial charge in [-0.1, -0.05) is 43.9 Å². The molecule has 0 saturated carbocycles. The fourth-order valence-corrected chi connectivity index (χ4v) is 5.64. The highest BCUT2D eigenvalue weighted by molar-refractivity contribution is 8.26. The molecule has 1 aromatic heterocycles. The Hall–Kier alpha value is -3.29. The Labute approximate surface area is 219 Å². The van der Waals surface area contributed by atoms with Crippen LogP contribution in [0.15, 0.2) is 27.9 Å². The van der Waals surface area contributed by atoms with E-state index < -0.39 is 0 Å². The van der Waals surface area contributed by atoms with Crippen molar-refractivity contribution in [1.82, 2.24) is 9.47 Å². The molecule has 1 N–H and O–H groups in total. The number of anilines is 1. The van der Waals surface area contributed by atoms with Crippen LogP contribution in [0.2, 0.25) is 0 Å². The van der Waals surface area contributed by atoms with E-state index in [1.54, 1.807) is 22.5 Å². The molecule has 1 atom stereocenters. The van der Waals surface area contributed by atoms with E-state index in [0.29, 0.717) is 57.2 Å². The second kappa shape index (κ2) is 10.8. The van der Waals surface area contributed by atoms with Gasteiger partial charge in [-0.15, -0.1) is 0 Å². The van der Waals surface area contributed by atoms with Crippen molar-refractivity contribution in [2.24, 2.45) is 0 Å². The Morgan fingerprint density at radius 2 is 2.03 bits per heavy atom. The first-order valence-electron chi connectivity index (χ1n) is 11.9. The molecule has 4 rings (SSSR count). The number of fused-ring (bicyclic) bond motifs is 1. The van der Waals surface area contributed by atoms with E-state index in [1.165, 1.54) is 11.8 Å². The average molecular weight is 525 g/mol. The second-order valence-corrected chi connectivity index (χ2v) is 10.4. The highest BCUT2D eigenvalue weighted by Crippen LogP contribution is 2.37. The third-order valence-electron chi connectivity index (χ3n) is 6.35. The SMILES string of the molecule is CCCn1c(NCc2ccc3c(c2)OCO3)c(/C=C2/SC(=S)N(C(C)CC)C2=O)c(C)c(C#N)c1=O. The first-order valence-corrected chi connectivity index (χ1v) is 13.1. The highest BCUT2D eigenvalue weighted by atomic mass is 32.2. The molecule has 2 aliphatic rings. The maximum Gasteiger partial charge on any atom is 0.270 e. The topological polar surface area (TPSA) is 96.6 Å². The molecule has 1 saturated heterocycles. The van der Waals surface area contributed by atoms with Crippen LogP contribution in [0.3, 0.4) is 0 Å². The number of nitriles is 1. The lowest BCUT2D eigenvalue weighted by Crippen LogP contribution is -2.36. The summed E-state index contributed by atoms with van der Waals surface area (Å²) < 4.78 is 13.0. The fourth-order valence-electron chi connectivity index (χ4n) is 4.20. The lowest BCUT2D eigenvalue weighted by Gasteiger charge is -2.21. The van der Waals surface area contributed by atoms with E-state index in [-0.39, 0.29) is 29.9 Å². The number of nitrogens with zero attached hydrogens (tertiary/aromatic N) is 3. The minimum Gasteiger partial charge on any atom is -0.454 e. The predicted molar refractivity (Wildman–Crippen MR) is 145 cm³/mol. The normalized spacial score (nSPS) is 16.5. The van der Waals surface area contributed by atoms with Crippen molar-refractivity contribution >= 4 is 46.1 Å². The van der Waals surface area contributed by atoms with Crippen LogP contribution in [0.1, 0.15) is 55.9 Å². The molecule has 8 nitrogen and oxygen atoms in total. The van der Waals surface area contributed by atoms with E-state index in [0.717, 1.165) is 12.0 Å². The van der Waals surface area contributed by atoms with Gasteiger partial charge in [-0.25, -0.2) is 0 Å². The number of carbonyl (C=O) groups is 1. The summed E-state index contributed by atoms with van der Waals surface area (Å²) in [6, 6.07) is 7.72. The number of rotatable bonds is 8. The Kier molecular flexibility index (Phi) is 7.71. The van der Waals surface area contributed by atoms with E-state index in [9.17, 15) is 14.9 Å². The van der Waals surface area contributed by atoms with Gasteiger partial charge in [-0.05, 0) is 56.0 Å². The standard InChI is InChI=1S/C26H28N4O4S2/c1-5-9-29-23(28-13-17-7-8-20-21(10-17)34-14-33-20)18(16(4)19(12-27)24(29)31)11-22-25(32)30(15(3)6-2)26(35)36-22/h7-8,10-11,15,28H,5-6,9,13-14H2,1-4H3/b22-11+. The van der Waals surface area contributed by atoms with Crippen LogP contribution in [0.25, 0.3) is 6.08 Å². The zero-order chi connectivity index (χ0) is 26.0. The summed E-state index contributed by atoms with van der Waals surface area (Å²) >= 11 is 6.74. The summed E-state index contributed by atoms with van der Waals surface area (Å²) in [5, 5.41) is 13.2. The van der Waals surface area contributed by atoms with Crippen molar-refractivity contribution in [3.05, 3.63) is 55.7 Å². The van der Waals surface area contributed by atoms with Gasteiger partial charge in [0.1, 0.15) is 21.8 Å². The largest absolute Gasteiger partial charge is 0.454 e. The number of ether oxygens (including phenoxy) is 2. The molecule has 1 unspecified atom stereocenters. The van der Waals surface area contributed by atoms with Gasteiger partial charge in [0.15, 0.2) is 11.5 Å². The summed E-state index contributed by atoms with van der Waals surface area (Å²) in [7, 11) is 0. The molecule has 188 valence electrons. The minimum atomic E-state index is -0.352. The number of amides is 1. The lowest BCUT2D eigenvalue weighted by molar-refractivity contribution is -0.123. The van der Waals surface area contributed by atoms with Crippen LogP contribution in [0.5, 0.6) is 11.5 Å². The number of pyridine rings is 1. The molecular formula is C26H28N4O4S2. The van der Waals surface area contributed by atoms with E-state index in [4.69, 9.17) is 21.7 Å². The maximum atomic E-state index is 13.2. The van der Waals surface area contributed by atoms with E-state index in [1.807, 2.05) is 39.0 Å². The molecule has 0 bridgehead atoms. The zero-order valence-electron chi connectivity index (χ0n) is 20.7.